The Morgan fingerprint density at radius 2 is 1.77 bits per heavy atom. The molecule has 7 heteroatoms. The second kappa shape index (κ2) is 8.49. The zero-order chi connectivity index (χ0) is 21.9. The van der Waals surface area contributed by atoms with Crippen LogP contribution >= 0.6 is 0 Å². The predicted molar refractivity (Wildman–Crippen MR) is 111 cm³/mol. The number of nitriles is 3. The molecule has 0 amide bonds. The van der Waals surface area contributed by atoms with Crippen LogP contribution in [0.1, 0.15) is 24.8 Å². The minimum atomic E-state index is -1.67. The van der Waals surface area contributed by atoms with E-state index in [1.165, 1.54) is 0 Å². The van der Waals surface area contributed by atoms with Gasteiger partial charge in [-0.3, -0.25) is 4.90 Å². The van der Waals surface area contributed by atoms with Crippen molar-refractivity contribution in [3.8, 4) is 29.7 Å². The summed E-state index contributed by atoms with van der Waals surface area (Å²) in [5.74, 6) is 0.326. The van der Waals surface area contributed by atoms with Gasteiger partial charge < -0.3 is 15.2 Å². The molecule has 3 rings (SSSR count). The SMILES string of the molecule is CCCN1CC=C2C(C#N)=C(N)C(C#N)(C#N)[C@H](c3cc(OC)cc(OC)c3)[C@@H]2C1. The third-order valence-corrected chi connectivity index (χ3v) is 6.01. The number of allylic oxidation sites excluding steroid dienone is 2. The monoisotopic (exact) mass is 403 g/mol. The summed E-state index contributed by atoms with van der Waals surface area (Å²) in [6, 6.07) is 11.9. The third kappa shape index (κ3) is 3.26. The number of fused-ring (bicyclic) bond motifs is 1. The Labute approximate surface area is 177 Å². The molecule has 2 aliphatic rings. The molecule has 2 N–H and O–H groups in total. The maximum absolute atomic E-state index is 10.2. The Bertz CT molecular complexity index is 985. The Kier molecular flexibility index (Phi) is 6.01. The maximum atomic E-state index is 10.2. The number of methoxy groups -OCH3 is 2. The molecule has 30 heavy (non-hydrogen) atoms. The smallest absolute Gasteiger partial charge is 0.191 e. The zero-order valence-electron chi connectivity index (χ0n) is 17.5. The lowest BCUT2D eigenvalue weighted by molar-refractivity contribution is 0.207. The van der Waals surface area contributed by atoms with Gasteiger partial charge >= 0.3 is 0 Å². The normalized spacial score (nSPS) is 22.7. The van der Waals surface area contributed by atoms with E-state index in [1.807, 2.05) is 18.2 Å². The van der Waals surface area contributed by atoms with Crippen molar-refractivity contribution in [1.29, 1.82) is 15.8 Å². The van der Waals surface area contributed by atoms with E-state index in [0.717, 1.165) is 24.1 Å². The molecule has 0 saturated heterocycles. The summed E-state index contributed by atoms with van der Waals surface area (Å²) in [6.45, 7) is 4.34. The molecule has 0 bridgehead atoms. The molecule has 0 fully saturated rings. The summed E-state index contributed by atoms with van der Waals surface area (Å²) >= 11 is 0. The van der Waals surface area contributed by atoms with E-state index in [1.54, 1.807) is 20.3 Å². The molecule has 1 aliphatic carbocycles. The first-order chi connectivity index (χ1) is 14.5. The van der Waals surface area contributed by atoms with Gasteiger partial charge in [0, 0.05) is 31.0 Å². The van der Waals surface area contributed by atoms with Gasteiger partial charge in [0.25, 0.3) is 0 Å². The van der Waals surface area contributed by atoms with E-state index < -0.39 is 11.3 Å². The molecule has 0 unspecified atom stereocenters. The number of hydrogen-bond donors (Lipinski definition) is 1. The van der Waals surface area contributed by atoms with Crippen LogP contribution in [0.5, 0.6) is 11.5 Å². The average molecular weight is 403 g/mol. The van der Waals surface area contributed by atoms with Gasteiger partial charge in [0.2, 0.25) is 0 Å². The van der Waals surface area contributed by atoms with Gasteiger partial charge in [-0.2, -0.15) is 15.8 Å². The molecule has 154 valence electrons. The number of benzene rings is 1. The van der Waals surface area contributed by atoms with E-state index in [9.17, 15) is 15.8 Å². The molecule has 0 saturated carbocycles. The number of nitrogens with zero attached hydrogens (tertiary/aromatic N) is 4. The lowest BCUT2D eigenvalue weighted by Crippen LogP contribution is -2.48. The molecular weight excluding hydrogens is 378 g/mol. The maximum Gasteiger partial charge on any atom is 0.191 e. The second-order valence-electron chi connectivity index (χ2n) is 7.58. The molecule has 0 radical (unpaired) electrons. The Morgan fingerprint density at radius 1 is 1.13 bits per heavy atom. The van der Waals surface area contributed by atoms with E-state index >= 15 is 0 Å². The number of rotatable bonds is 5. The summed E-state index contributed by atoms with van der Waals surface area (Å²) in [5, 5.41) is 30.2. The van der Waals surface area contributed by atoms with Crippen LogP contribution in [0.25, 0.3) is 0 Å². The first-order valence-electron chi connectivity index (χ1n) is 9.88. The molecule has 1 aromatic rings. The zero-order valence-corrected chi connectivity index (χ0v) is 17.5. The quantitative estimate of drug-likeness (QED) is 0.803. The van der Waals surface area contributed by atoms with Gasteiger partial charge in [-0.15, -0.1) is 0 Å². The van der Waals surface area contributed by atoms with Gasteiger partial charge in [-0.05, 0) is 36.2 Å². The van der Waals surface area contributed by atoms with Crippen molar-refractivity contribution in [2.24, 2.45) is 17.1 Å². The van der Waals surface area contributed by atoms with Crippen molar-refractivity contribution in [1.82, 2.24) is 4.90 Å². The van der Waals surface area contributed by atoms with Gasteiger partial charge in [0.05, 0.1) is 37.6 Å². The van der Waals surface area contributed by atoms with Crippen LogP contribution in [0.4, 0.5) is 0 Å². The summed E-state index contributed by atoms with van der Waals surface area (Å²) in [6.07, 6.45) is 3.00. The molecule has 1 heterocycles. The highest BCUT2D eigenvalue weighted by Gasteiger charge is 2.54. The van der Waals surface area contributed by atoms with Crippen molar-refractivity contribution in [2.45, 2.75) is 19.3 Å². The Balaban J connectivity index is 2.30. The molecule has 0 spiro atoms. The van der Waals surface area contributed by atoms with Crippen LogP contribution in [0.15, 0.2) is 41.1 Å². The van der Waals surface area contributed by atoms with Crippen LogP contribution in [0.2, 0.25) is 0 Å². The Hall–Kier alpha value is -3.47. The lowest BCUT2D eigenvalue weighted by atomic mass is 9.58. The van der Waals surface area contributed by atoms with Crippen molar-refractivity contribution < 1.29 is 9.47 Å². The van der Waals surface area contributed by atoms with Crippen molar-refractivity contribution in [2.75, 3.05) is 33.9 Å². The summed E-state index contributed by atoms with van der Waals surface area (Å²) in [7, 11) is 3.11. The van der Waals surface area contributed by atoms with E-state index in [-0.39, 0.29) is 17.2 Å². The molecular formula is C23H25N5O2. The largest absolute Gasteiger partial charge is 0.497 e. The molecule has 2 atom stereocenters. The number of hydrogen-bond acceptors (Lipinski definition) is 7. The highest BCUT2D eigenvalue weighted by molar-refractivity contribution is 5.60. The molecule has 1 aliphatic heterocycles. The fourth-order valence-electron chi connectivity index (χ4n) is 4.62. The van der Waals surface area contributed by atoms with Crippen LogP contribution in [-0.4, -0.2) is 38.8 Å². The van der Waals surface area contributed by atoms with Crippen molar-refractivity contribution in [3.63, 3.8) is 0 Å². The van der Waals surface area contributed by atoms with Crippen LogP contribution in [0, 0.1) is 45.3 Å². The van der Waals surface area contributed by atoms with Gasteiger partial charge in [0.15, 0.2) is 5.41 Å². The summed E-state index contributed by atoms with van der Waals surface area (Å²) < 4.78 is 10.8. The average Bonchev–Trinajstić information content (AvgIpc) is 2.78. The van der Waals surface area contributed by atoms with Crippen LogP contribution < -0.4 is 15.2 Å². The minimum absolute atomic E-state index is 0.0215. The molecule has 7 nitrogen and oxygen atoms in total. The standard InChI is InChI=1S/C23H25N5O2/c1-4-6-28-7-5-18-19(11-24)22(27)23(13-25,14-26)21(20(18)12-28)15-8-16(29-2)10-17(9-15)30-3/h5,8-10,20-21H,4,6-7,12,27H2,1-3H3/t20-,21-/m1/s1. The summed E-state index contributed by atoms with van der Waals surface area (Å²) in [4.78, 5) is 2.27. The fourth-order valence-corrected chi connectivity index (χ4v) is 4.62. The van der Waals surface area contributed by atoms with Crippen LogP contribution in [-0.2, 0) is 0 Å². The Morgan fingerprint density at radius 3 is 2.27 bits per heavy atom. The molecule has 1 aromatic carbocycles. The summed E-state index contributed by atoms with van der Waals surface area (Å²) in [5.41, 5.74) is 6.50. The topological polar surface area (TPSA) is 119 Å². The third-order valence-electron chi connectivity index (χ3n) is 6.01. The van der Waals surface area contributed by atoms with Gasteiger partial charge in [0.1, 0.15) is 17.6 Å². The fraction of sp³-hybridized carbons (Fsp3) is 0.435. The highest BCUT2D eigenvalue weighted by Crippen LogP contribution is 2.54. The van der Waals surface area contributed by atoms with Crippen molar-refractivity contribution >= 4 is 0 Å². The number of nitrogens with two attached hydrogens (primary N) is 1. The van der Waals surface area contributed by atoms with E-state index in [0.29, 0.717) is 24.6 Å². The second-order valence-corrected chi connectivity index (χ2v) is 7.58. The first kappa shape index (κ1) is 21.2. The minimum Gasteiger partial charge on any atom is -0.497 e. The highest BCUT2D eigenvalue weighted by atomic mass is 16.5. The van der Waals surface area contributed by atoms with Gasteiger partial charge in [-0.25, -0.2) is 0 Å². The predicted octanol–water partition coefficient (Wildman–Crippen LogP) is 2.84. The number of ether oxygens (including phenoxy) is 2. The van der Waals surface area contributed by atoms with Gasteiger partial charge in [-0.1, -0.05) is 13.0 Å². The van der Waals surface area contributed by atoms with E-state index in [2.05, 4.69) is 30.0 Å². The lowest BCUT2D eigenvalue weighted by Gasteiger charge is -2.45. The van der Waals surface area contributed by atoms with E-state index in [4.69, 9.17) is 15.2 Å². The van der Waals surface area contributed by atoms with Crippen LogP contribution in [0.3, 0.4) is 0 Å². The van der Waals surface area contributed by atoms with Crippen molar-refractivity contribution in [3.05, 3.63) is 46.7 Å². The molecule has 0 aromatic heterocycles. The first-order valence-corrected chi connectivity index (χ1v) is 9.88.